The van der Waals surface area contributed by atoms with Crippen LogP contribution >= 0.6 is 0 Å². The molecule has 0 saturated carbocycles. The van der Waals surface area contributed by atoms with Gasteiger partial charge in [-0.15, -0.1) is 0 Å². The van der Waals surface area contributed by atoms with Crippen molar-refractivity contribution in [3.8, 4) is 0 Å². The minimum atomic E-state index is 0.711. The van der Waals surface area contributed by atoms with Crippen LogP contribution in [0.4, 0.5) is 5.69 Å². The van der Waals surface area contributed by atoms with Gasteiger partial charge in [0.15, 0.2) is 0 Å². The Kier molecular flexibility index (Phi) is 4.06. The van der Waals surface area contributed by atoms with E-state index in [0.29, 0.717) is 6.54 Å². The van der Waals surface area contributed by atoms with E-state index in [0.717, 1.165) is 12.1 Å². The van der Waals surface area contributed by atoms with E-state index in [1.807, 2.05) is 19.2 Å². The monoisotopic (exact) mass is 176 g/mol. The summed E-state index contributed by atoms with van der Waals surface area (Å²) >= 11 is 0. The van der Waals surface area contributed by atoms with Crippen molar-refractivity contribution in [2.24, 2.45) is 5.73 Å². The van der Waals surface area contributed by atoms with E-state index in [2.05, 4.69) is 29.6 Å². The summed E-state index contributed by atoms with van der Waals surface area (Å²) in [6.07, 6.45) is 5.12. The third kappa shape index (κ3) is 3.30. The number of hydrogen-bond acceptors (Lipinski definition) is 2. The zero-order chi connectivity index (χ0) is 9.52. The van der Waals surface area contributed by atoms with E-state index >= 15 is 0 Å². The van der Waals surface area contributed by atoms with Crippen molar-refractivity contribution < 1.29 is 0 Å². The van der Waals surface area contributed by atoms with Gasteiger partial charge in [-0.2, -0.15) is 0 Å². The smallest absolute Gasteiger partial charge is 0.0343 e. The molecule has 0 aliphatic heterocycles. The van der Waals surface area contributed by atoms with Crippen LogP contribution in [0.2, 0.25) is 0 Å². The summed E-state index contributed by atoms with van der Waals surface area (Å²) in [5.41, 5.74) is 7.73. The maximum atomic E-state index is 5.39. The molecule has 0 radical (unpaired) electrons. The molecule has 0 heterocycles. The van der Waals surface area contributed by atoms with Crippen LogP contribution in [-0.4, -0.2) is 13.6 Å². The van der Waals surface area contributed by atoms with Crippen LogP contribution in [0.5, 0.6) is 0 Å². The highest BCUT2D eigenvalue weighted by Crippen LogP contribution is 2.10. The Morgan fingerprint density at radius 3 is 3.00 bits per heavy atom. The Morgan fingerprint density at radius 1 is 1.46 bits per heavy atom. The standard InChI is InChI=1S/C11H16N2/c1-13-11-7-4-6-10(9-11)5-2-3-8-12/h2,4-7,9,13H,3,8,12H2,1H3/b5-2+. The van der Waals surface area contributed by atoms with Crippen LogP contribution in [0.15, 0.2) is 30.3 Å². The zero-order valence-electron chi connectivity index (χ0n) is 7.96. The molecule has 0 aliphatic carbocycles. The van der Waals surface area contributed by atoms with Crippen LogP contribution in [0.3, 0.4) is 0 Å². The van der Waals surface area contributed by atoms with Crippen molar-refractivity contribution in [3.63, 3.8) is 0 Å². The molecule has 70 valence electrons. The van der Waals surface area contributed by atoms with Crippen molar-refractivity contribution in [3.05, 3.63) is 35.9 Å². The molecule has 3 N–H and O–H groups in total. The fourth-order valence-electron chi connectivity index (χ4n) is 1.11. The molecular weight excluding hydrogens is 160 g/mol. The largest absolute Gasteiger partial charge is 0.388 e. The highest BCUT2D eigenvalue weighted by molar-refractivity contribution is 5.56. The second-order valence-electron chi connectivity index (χ2n) is 2.86. The van der Waals surface area contributed by atoms with Crippen LogP contribution in [0, 0.1) is 0 Å². The van der Waals surface area contributed by atoms with E-state index in [1.54, 1.807) is 0 Å². The average Bonchev–Trinajstić information content (AvgIpc) is 2.19. The quantitative estimate of drug-likeness (QED) is 0.737. The molecule has 0 bridgehead atoms. The first-order valence-electron chi connectivity index (χ1n) is 4.51. The molecule has 0 unspecified atom stereocenters. The zero-order valence-corrected chi connectivity index (χ0v) is 7.96. The number of anilines is 1. The lowest BCUT2D eigenvalue weighted by molar-refractivity contribution is 1.01. The summed E-state index contributed by atoms with van der Waals surface area (Å²) in [7, 11) is 1.92. The molecule has 0 spiro atoms. The van der Waals surface area contributed by atoms with Gasteiger partial charge in [-0.05, 0) is 30.7 Å². The Bertz CT molecular complexity index is 279. The van der Waals surface area contributed by atoms with E-state index in [4.69, 9.17) is 5.73 Å². The molecular formula is C11H16N2. The number of nitrogens with two attached hydrogens (primary N) is 1. The molecule has 0 aliphatic rings. The topological polar surface area (TPSA) is 38.0 Å². The molecule has 2 nitrogen and oxygen atoms in total. The average molecular weight is 176 g/mol. The third-order valence-electron chi connectivity index (χ3n) is 1.82. The van der Waals surface area contributed by atoms with E-state index in [9.17, 15) is 0 Å². The number of rotatable bonds is 4. The maximum Gasteiger partial charge on any atom is 0.0343 e. The summed E-state index contributed by atoms with van der Waals surface area (Å²) in [6, 6.07) is 8.26. The first-order chi connectivity index (χ1) is 6.36. The van der Waals surface area contributed by atoms with Gasteiger partial charge in [-0.1, -0.05) is 24.3 Å². The highest BCUT2D eigenvalue weighted by atomic mass is 14.8. The fourth-order valence-corrected chi connectivity index (χ4v) is 1.11. The van der Waals surface area contributed by atoms with Crippen molar-refractivity contribution >= 4 is 11.8 Å². The number of nitrogens with one attached hydrogen (secondary N) is 1. The predicted octanol–water partition coefficient (Wildman–Crippen LogP) is 2.09. The first kappa shape index (κ1) is 9.81. The summed E-state index contributed by atoms with van der Waals surface area (Å²) in [5.74, 6) is 0. The lowest BCUT2D eigenvalue weighted by Gasteiger charge is -2.00. The van der Waals surface area contributed by atoms with Gasteiger partial charge in [0.2, 0.25) is 0 Å². The summed E-state index contributed by atoms with van der Waals surface area (Å²) in [6.45, 7) is 0.711. The van der Waals surface area contributed by atoms with Crippen LogP contribution < -0.4 is 11.1 Å². The summed E-state index contributed by atoms with van der Waals surface area (Å²) < 4.78 is 0. The summed E-state index contributed by atoms with van der Waals surface area (Å²) in [4.78, 5) is 0. The van der Waals surface area contributed by atoms with Crippen LogP contribution in [0.25, 0.3) is 6.08 Å². The third-order valence-corrected chi connectivity index (χ3v) is 1.82. The van der Waals surface area contributed by atoms with Gasteiger partial charge in [-0.25, -0.2) is 0 Å². The number of hydrogen-bond donors (Lipinski definition) is 2. The van der Waals surface area contributed by atoms with Gasteiger partial charge < -0.3 is 11.1 Å². The van der Waals surface area contributed by atoms with Crippen molar-refractivity contribution in [1.82, 2.24) is 0 Å². The molecule has 1 aromatic carbocycles. The molecule has 13 heavy (non-hydrogen) atoms. The molecule has 0 amide bonds. The maximum absolute atomic E-state index is 5.39. The summed E-state index contributed by atoms with van der Waals surface area (Å²) in [5, 5.41) is 3.10. The molecule has 1 rings (SSSR count). The number of benzene rings is 1. The van der Waals surface area contributed by atoms with Gasteiger partial charge in [-0.3, -0.25) is 0 Å². The molecule has 0 aromatic heterocycles. The fraction of sp³-hybridized carbons (Fsp3) is 0.273. The van der Waals surface area contributed by atoms with Crippen LogP contribution in [-0.2, 0) is 0 Å². The second-order valence-corrected chi connectivity index (χ2v) is 2.86. The van der Waals surface area contributed by atoms with E-state index in [1.165, 1.54) is 5.56 Å². The lowest BCUT2D eigenvalue weighted by Crippen LogP contribution is -1.95. The Labute approximate surface area is 79.5 Å². The van der Waals surface area contributed by atoms with Crippen LogP contribution in [0.1, 0.15) is 12.0 Å². The molecule has 2 heteroatoms. The van der Waals surface area contributed by atoms with Gasteiger partial charge in [0.1, 0.15) is 0 Å². The van der Waals surface area contributed by atoms with Crippen molar-refractivity contribution in [2.45, 2.75) is 6.42 Å². The SMILES string of the molecule is CNc1cccc(/C=C/CCN)c1. The Hall–Kier alpha value is -1.28. The normalized spacial score (nSPS) is 10.6. The molecule has 0 fully saturated rings. The van der Waals surface area contributed by atoms with E-state index in [-0.39, 0.29) is 0 Å². The van der Waals surface area contributed by atoms with Gasteiger partial charge in [0.05, 0.1) is 0 Å². The van der Waals surface area contributed by atoms with Crippen molar-refractivity contribution in [1.29, 1.82) is 0 Å². The van der Waals surface area contributed by atoms with E-state index < -0.39 is 0 Å². The Morgan fingerprint density at radius 2 is 2.31 bits per heavy atom. The molecule has 1 aromatic rings. The second kappa shape index (κ2) is 5.38. The van der Waals surface area contributed by atoms with Crippen molar-refractivity contribution in [2.75, 3.05) is 18.9 Å². The lowest BCUT2D eigenvalue weighted by atomic mass is 10.2. The minimum Gasteiger partial charge on any atom is -0.388 e. The minimum absolute atomic E-state index is 0.711. The first-order valence-corrected chi connectivity index (χ1v) is 4.51. The van der Waals surface area contributed by atoms with Gasteiger partial charge in [0.25, 0.3) is 0 Å². The van der Waals surface area contributed by atoms with Gasteiger partial charge >= 0.3 is 0 Å². The molecule has 0 saturated heterocycles. The molecule has 0 atom stereocenters. The highest BCUT2D eigenvalue weighted by Gasteiger charge is 1.88. The van der Waals surface area contributed by atoms with Gasteiger partial charge in [0, 0.05) is 12.7 Å². The predicted molar refractivity (Wildman–Crippen MR) is 58.7 cm³/mol. The Balaban J connectivity index is 2.66.